The second kappa shape index (κ2) is 22.5. The van der Waals surface area contributed by atoms with Crippen LogP contribution in [0, 0.1) is 0 Å². The van der Waals surface area contributed by atoms with E-state index in [1.54, 1.807) is 0 Å². The second-order valence-electron chi connectivity index (χ2n) is 8.10. The van der Waals surface area contributed by atoms with Gasteiger partial charge in [-0.3, -0.25) is 0 Å². The summed E-state index contributed by atoms with van der Waals surface area (Å²) in [4.78, 5) is 12.2. The Bertz CT molecular complexity index is 269. The lowest BCUT2D eigenvalue weighted by atomic mass is 10.0. The van der Waals surface area contributed by atoms with Gasteiger partial charge in [-0.1, -0.05) is 103 Å². The maximum atomic E-state index is 9.87. The number of hydrogen-bond acceptors (Lipinski definition) is 3. The van der Waals surface area contributed by atoms with Gasteiger partial charge in [-0.25, -0.2) is 4.79 Å². The lowest BCUT2D eigenvalue weighted by molar-refractivity contribution is 0.268. The molecule has 0 aliphatic carbocycles. The van der Waals surface area contributed by atoms with Crippen molar-refractivity contribution in [1.29, 1.82) is 0 Å². The Morgan fingerprint density at radius 1 is 0.538 bits per heavy atom. The molecule has 0 rings (SSSR count). The summed E-state index contributed by atoms with van der Waals surface area (Å²) in [6, 6.07) is 0. The minimum absolute atomic E-state index is 0.542. The Morgan fingerprint density at radius 3 is 1.15 bits per heavy atom. The van der Waals surface area contributed by atoms with Crippen LogP contribution in [0.1, 0.15) is 116 Å². The summed E-state index contributed by atoms with van der Waals surface area (Å²) in [6.07, 6.45) is 24.7. The van der Waals surface area contributed by atoms with E-state index in [0.717, 1.165) is 6.42 Å². The van der Waals surface area contributed by atoms with Crippen LogP contribution in [0.3, 0.4) is 0 Å². The van der Waals surface area contributed by atoms with Crippen molar-refractivity contribution in [3.05, 3.63) is 0 Å². The molecule has 0 bridgehead atoms. The van der Waals surface area contributed by atoms with Crippen molar-refractivity contribution in [1.82, 2.24) is 4.90 Å². The van der Waals surface area contributed by atoms with Gasteiger partial charge < -0.3 is 9.64 Å². The van der Waals surface area contributed by atoms with Crippen LogP contribution < -0.4 is 0 Å². The van der Waals surface area contributed by atoms with Gasteiger partial charge in [-0.15, -0.1) is 0 Å². The molecule has 0 spiro atoms. The number of ether oxygens (including phenoxy) is 1. The van der Waals surface area contributed by atoms with E-state index in [-0.39, 0.29) is 0 Å². The summed E-state index contributed by atoms with van der Waals surface area (Å²) in [7, 11) is 4.33. The van der Waals surface area contributed by atoms with Gasteiger partial charge >= 0.3 is 6.47 Å². The molecule has 0 aliphatic heterocycles. The van der Waals surface area contributed by atoms with Crippen LogP contribution in [0.2, 0.25) is 0 Å². The van der Waals surface area contributed by atoms with Crippen molar-refractivity contribution in [2.45, 2.75) is 116 Å². The van der Waals surface area contributed by atoms with Crippen LogP contribution in [-0.2, 0) is 9.53 Å². The van der Waals surface area contributed by atoms with E-state index in [9.17, 15) is 4.79 Å². The van der Waals surface area contributed by atoms with Gasteiger partial charge in [0, 0.05) is 0 Å². The highest BCUT2D eigenvalue weighted by Gasteiger charge is 1.96. The molecular formula is C23H46NO2. The molecule has 0 unspecified atom stereocenters. The van der Waals surface area contributed by atoms with Crippen molar-refractivity contribution in [2.24, 2.45) is 0 Å². The first-order valence-electron chi connectivity index (χ1n) is 11.4. The molecule has 0 fully saturated rings. The third kappa shape index (κ3) is 23.4. The monoisotopic (exact) mass is 368 g/mol. The summed E-state index contributed by atoms with van der Waals surface area (Å²) < 4.78 is 4.57. The molecule has 0 aliphatic rings. The zero-order valence-electron chi connectivity index (χ0n) is 17.9. The standard InChI is InChI=1S/C23H46NO2/c1-24(2)21-19-17-15-13-11-9-7-5-3-4-6-8-10-12-14-16-18-20-22-26-23-25/h3-22H2,1-2H3. The molecule has 0 heterocycles. The normalized spacial score (nSPS) is 11.2. The Morgan fingerprint density at radius 2 is 0.846 bits per heavy atom. The number of unbranched alkanes of at least 4 members (excludes halogenated alkanes) is 17. The minimum atomic E-state index is 0.542. The van der Waals surface area contributed by atoms with Crippen LogP contribution in [0.5, 0.6) is 0 Å². The Labute approximate surface area is 164 Å². The van der Waals surface area contributed by atoms with Crippen molar-refractivity contribution in [3.8, 4) is 0 Å². The first-order valence-corrected chi connectivity index (χ1v) is 11.4. The second-order valence-corrected chi connectivity index (χ2v) is 8.10. The number of carbonyl (C=O) groups excluding carboxylic acids is 1. The zero-order valence-corrected chi connectivity index (χ0v) is 17.9. The lowest BCUT2D eigenvalue weighted by Gasteiger charge is -2.08. The highest BCUT2D eigenvalue weighted by atomic mass is 16.5. The SMILES string of the molecule is CN(C)CCCCCCCCCCCCCCCCCCCCO[C]=O. The van der Waals surface area contributed by atoms with Crippen molar-refractivity contribution >= 4 is 6.47 Å². The van der Waals surface area contributed by atoms with E-state index >= 15 is 0 Å². The fraction of sp³-hybridized carbons (Fsp3) is 0.957. The van der Waals surface area contributed by atoms with E-state index < -0.39 is 0 Å². The summed E-state index contributed by atoms with van der Waals surface area (Å²) in [6.45, 7) is 3.27. The van der Waals surface area contributed by atoms with Crippen molar-refractivity contribution in [3.63, 3.8) is 0 Å². The average Bonchev–Trinajstić information content (AvgIpc) is 2.62. The van der Waals surface area contributed by atoms with E-state index in [1.807, 2.05) is 0 Å². The molecule has 0 amide bonds. The lowest BCUT2D eigenvalue weighted by Crippen LogP contribution is -2.12. The molecule has 0 aromatic heterocycles. The van der Waals surface area contributed by atoms with Gasteiger partial charge in [0.2, 0.25) is 0 Å². The third-order valence-corrected chi connectivity index (χ3v) is 5.16. The van der Waals surface area contributed by atoms with Gasteiger partial charge in [-0.2, -0.15) is 0 Å². The zero-order chi connectivity index (χ0) is 19.1. The van der Waals surface area contributed by atoms with E-state index in [2.05, 4.69) is 23.7 Å². The largest absolute Gasteiger partial charge is 0.457 e. The fourth-order valence-electron chi connectivity index (χ4n) is 3.47. The minimum Gasteiger partial charge on any atom is -0.457 e. The predicted octanol–water partition coefficient (Wildman–Crippen LogP) is 6.65. The van der Waals surface area contributed by atoms with Gasteiger partial charge in [-0.05, 0) is 33.5 Å². The first kappa shape index (κ1) is 25.4. The van der Waals surface area contributed by atoms with Crippen LogP contribution in [0.15, 0.2) is 0 Å². The van der Waals surface area contributed by atoms with E-state index in [0.29, 0.717) is 6.61 Å². The van der Waals surface area contributed by atoms with Gasteiger partial charge in [0.1, 0.15) is 0 Å². The molecule has 0 aromatic carbocycles. The predicted molar refractivity (Wildman–Crippen MR) is 113 cm³/mol. The molecule has 1 radical (unpaired) electrons. The third-order valence-electron chi connectivity index (χ3n) is 5.16. The highest BCUT2D eigenvalue weighted by Crippen LogP contribution is 2.14. The maximum absolute atomic E-state index is 9.87. The smallest absolute Gasteiger partial charge is 0.417 e. The van der Waals surface area contributed by atoms with E-state index in [4.69, 9.17) is 0 Å². The molecule has 0 N–H and O–H groups in total. The summed E-state index contributed by atoms with van der Waals surface area (Å²) >= 11 is 0. The van der Waals surface area contributed by atoms with E-state index in [1.165, 1.54) is 122 Å². The molecule has 0 aromatic rings. The average molecular weight is 369 g/mol. The summed E-state index contributed by atoms with van der Waals surface area (Å²) in [5.74, 6) is 0. The summed E-state index contributed by atoms with van der Waals surface area (Å²) in [5, 5.41) is 0. The topological polar surface area (TPSA) is 29.5 Å². The van der Waals surface area contributed by atoms with Crippen LogP contribution >= 0.6 is 0 Å². The summed E-state index contributed by atoms with van der Waals surface area (Å²) in [5.41, 5.74) is 0. The number of nitrogens with zero attached hydrogens (tertiary/aromatic N) is 1. The van der Waals surface area contributed by atoms with Gasteiger partial charge in [0.25, 0.3) is 0 Å². The molecule has 0 saturated carbocycles. The highest BCUT2D eigenvalue weighted by molar-refractivity contribution is 5.37. The Hall–Kier alpha value is -0.570. The quantitative estimate of drug-likeness (QED) is 0.200. The van der Waals surface area contributed by atoms with Gasteiger partial charge in [0.15, 0.2) is 0 Å². The fourth-order valence-corrected chi connectivity index (χ4v) is 3.47. The number of rotatable bonds is 22. The molecule has 0 atom stereocenters. The van der Waals surface area contributed by atoms with Crippen LogP contribution in [-0.4, -0.2) is 38.6 Å². The first-order chi connectivity index (χ1) is 12.8. The molecular weight excluding hydrogens is 322 g/mol. The maximum Gasteiger partial charge on any atom is 0.417 e. The molecule has 26 heavy (non-hydrogen) atoms. The number of hydrogen-bond donors (Lipinski definition) is 0. The molecule has 155 valence electrons. The Balaban J connectivity index is 2.98. The molecule has 3 nitrogen and oxygen atoms in total. The molecule has 0 saturated heterocycles. The molecule has 3 heteroatoms. The Kier molecular flexibility index (Phi) is 22.0. The van der Waals surface area contributed by atoms with Gasteiger partial charge in [0.05, 0.1) is 6.61 Å². The van der Waals surface area contributed by atoms with Crippen LogP contribution in [0.25, 0.3) is 0 Å². The van der Waals surface area contributed by atoms with Crippen LogP contribution in [0.4, 0.5) is 0 Å². The van der Waals surface area contributed by atoms with Crippen molar-refractivity contribution < 1.29 is 9.53 Å². The van der Waals surface area contributed by atoms with Crippen molar-refractivity contribution in [2.75, 3.05) is 27.2 Å².